The van der Waals surface area contributed by atoms with E-state index < -0.39 is 0 Å². The van der Waals surface area contributed by atoms with Crippen LogP contribution in [0.3, 0.4) is 0 Å². The summed E-state index contributed by atoms with van der Waals surface area (Å²) in [4.78, 5) is 12.3. The van der Waals surface area contributed by atoms with Gasteiger partial charge in [0.05, 0.1) is 5.92 Å². The third-order valence-electron chi connectivity index (χ3n) is 3.59. The molecule has 0 aliphatic carbocycles. The Kier molecular flexibility index (Phi) is 4.10. The van der Waals surface area contributed by atoms with Crippen molar-refractivity contribution in [2.24, 2.45) is 5.92 Å². The van der Waals surface area contributed by atoms with Crippen molar-refractivity contribution < 1.29 is 9.90 Å². The molecule has 1 aliphatic heterocycles. The lowest BCUT2D eigenvalue weighted by atomic mass is 9.91. The SMILES string of the molecule is CC(C)(CCO)NC(=O)C1CNc2ccccc2C1. The largest absolute Gasteiger partial charge is 0.396 e. The van der Waals surface area contributed by atoms with Gasteiger partial charge < -0.3 is 15.7 Å². The number of aliphatic hydroxyl groups excluding tert-OH is 1. The van der Waals surface area contributed by atoms with Gasteiger partial charge in [-0.2, -0.15) is 0 Å². The number of hydrogen-bond acceptors (Lipinski definition) is 3. The standard InChI is InChI=1S/C15H22N2O2/c1-15(2,7-8-18)17-14(19)12-9-11-5-3-4-6-13(11)16-10-12/h3-6,12,16,18H,7-10H2,1-2H3,(H,17,19). The predicted octanol–water partition coefficient (Wildman–Crippen LogP) is 1.55. The molecule has 3 N–H and O–H groups in total. The number of amides is 1. The van der Waals surface area contributed by atoms with Crippen LogP contribution in [0, 0.1) is 5.92 Å². The van der Waals surface area contributed by atoms with E-state index in [0.717, 1.165) is 12.1 Å². The molecular weight excluding hydrogens is 240 g/mol. The van der Waals surface area contributed by atoms with E-state index in [1.165, 1.54) is 5.56 Å². The van der Waals surface area contributed by atoms with Gasteiger partial charge in [-0.1, -0.05) is 18.2 Å². The summed E-state index contributed by atoms with van der Waals surface area (Å²) in [6.07, 6.45) is 1.33. The van der Waals surface area contributed by atoms with Gasteiger partial charge in [0.25, 0.3) is 0 Å². The fourth-order valence-electron chi connectivity index (χ4n) is 2.40. The number of aliphatic hydroxyl groups is 1. The Morgan fingerprint density at radius 3 is 2.95 bits per heavy atom. The number of anilines is 1. The van der Waals surface area contributed by atoms with Gasteiger partial charge in [0.1, 0.15) is 0 Å². The summed E-state index contributed by atoms with van der Waals surface area (Å²) in [5.74, 6) is 0.00770. The quantitative estimate of drug-likeness (QED) is 0.771. The second kappa shape index (κ2) is 5.61. The van der Waals surface area contributed by atoms with Crippen LogP contribution < -0.4 is 10.6 Å². The molecular formula is C15H22N2O2. The molecule has 1 amide bonds. The zero-order valence-electron chi connectivity index (χ0n) is 11.6. The van der Waals surface area contributed by atoms with Crippen molar-refractivity contribution in [3.05, 3.63) is 29.8 Å². The fourth-order valence-corrected chi connectivity index (χ4v) is 2.40. The van der Waals surface area contributed by atoms with Gasteiger partial charge in [-0.15, -0.1) is 0 Å². The van der Waals surface area contributed by atoms with Crippen molar-refractivity contribution in [2.75, 3.05) is 18.5 Å². The normalized spacial score (nSPS) is 18.4. The van der Waals surface area contributed by atoms with Gasteiger partial charge in [0, 0.05) is 24.4 Å². The van der Waals surface area contributed by atoms with Crippen LogP contribution in [-0.4, -0.2) is 29.7 Å². The summed E-state index contributed by atoms with van der Waals surface area (Å²) in [5, 5.41) is 15.3. The molecule has 0 saturated heterocycles. The van der Waals surface area contributed by atoms with Crippen molar-refractivity contribution in [1.29, 1.82) is 0 Å². The van der Waals surface area contributed by atoms with E-state index in [0.29, 0.717) is 13.0 Å². The lowest BCUT2D eigenvalue weighted by Crippen LogP contribution is -2.49. The van der Waals surface area contributed by atoms with E-state index in [1.54, 1.807) is 0 Å². The maximum absolute atomic E-state index is 12.3. The fraction of sp³-hybridized carbons (Fsp3) is 0.533. The molecule has 1 heterocycles. The Bertz CT molecular complexity index is 457. The minimum atomic E-state index is -0.358. The Hall–Kier alpha value is -1.55. The molecule has 0 radical (unpaired) electrons. The van der Waals surface area contributed by atoms with E-state index in [9.17, 15) is 4.79 Å². The van der Waals surface area contributed by atoms with Gasteiger partial charge >= 0.3 is 0 Å². The molecule has 1 aromatic carbocycles. The molecule has 19 heavy (non-hydrogen) atoms. The van der Waals surface area contributed by atoms with Gasteiger partial charge in [-0.25, -0.2) is 0 Å². The first kappa shape index (κ1) is 13.9. The zero-order chi connectivity index (χ0) is 13.9. The highest BCUT2D eigenvalue weighted by atomic mass is 16.3. The number of benzene rings is 1. The van der Waals surface area contributed by atoms with Crippen molar-refractivity contribution in [3.63, 3.8) is 0 Å². The molecule has 1 aliphatic rings. The van der Waals surface area contributed by atoms with Crippen LogP contribution in [0.15, 0.2) is 24.3 Å². The first-order chi connectivity index (χ1) is 9.02. The third-order valence-corrected chi connectivity index (χ3v) is 3.59. The molecule has 0 aromatic heterocycles. The monoisotopic (exact) mass is 262 g/mol. The first-order valence-electron chi connectivity index (χ1n) is 6.76. The molecule has 0 fully saturated rings. The molecule has 4 nitrogen and oxygen atoms in total. The Balaban J connectivity index is 1.99. The molecule has 1 atom stereocenters. The molecule has 2 rings (SSSR count). The number of carbonyl (C=O) groups is 1. The second-order valence-corrected chi connectivity index (χ2v) is 5.79. The average molecular weight is 262 g/mol. The van der Waals surface area contributed by atoms with Gasteiger partial charge in [0.15, 0.2) is 0 Å². The summed E-state index contributed by atoms with van der Waals surface area (Å²) < 4.78 is 0. The van der Waals surface area contributed by atoms with Crippen molar-refractivity contribution >= 4 is 11.6 Å². The van der Waals surface area contributed by atoms with Crippen LogP contribution >= 0.6 is 0 Å². The lowest BCUT2D eigenvalue weighted by Gasteiger charge is -2.31. The number of rotatable bonds is 4. The van der Waals surface area contributed by atoms with E-state index in [1.807, 2.05) is 32.0 Å². The van der Waals surface area contributed by atoms with E-state index in [4.69, 9.17) is 5.11 Å². The van der Waals surface area contributed by atoms with Crippen LogP contribution in [0.5, 0.6) is 0 Å². The molecule has 1 aromatic rings. The van der Waals surface area contributed by atoms with Crippen molar-refractivity contribution in [2.45, 2.75) is 32.2 Å². The van der Waals surface area contributed by atoms with Crippen molar-refractivity contribution in [1.82, 2.24) is 5.32 Å². The second-order valence-electron chi connectivity index (χ2n) is 5.79. The molecule has 104 valence electrons. The average Bonchev–Trinajstić information content (AvgIpc) is 2.37. The van der Waals surface area contributed by atoms with Crippen LogP contribution in [0.2, 0.25) is 0 Å². The van der Waals surface area contributed by atoms with Crippen LogP contribution in [0.4, 0.5) is 5.69 Å². The maximum Gasteiger partial charge on any atom is 0.225 e. The van der Waals surface area contributed by atoms with Gasteiger partial charge in [0.2, 0.25) is 5.91 Å². The number of para-hydroxylation sites is 1. The number of hydrogen-bond donors (Lipinski definition) is 3. The minimum absolute atomic E-state index is 0.0483. The van der Waals surface area contributed by atoms with Gasteiger partial charge in [-0.05, 0) is 38.3 Å². The summed E-state index contributed by atoms with van der Waals surface area (Å²) >= 11 is 0. The maximum atomic E-state index is 12.3. The molecule has 0 saturated carbocycles. The third kappa shape index (κ3) is 3.47. The van der Waals surface area contributed by atoms with Crippen LogP contribution in [0.25, 0.3) is 0 Å². The van der Waals surface area contributed by atoms with Crippen molar-refractivity contribution in [3.8, 4) is 0 Å². The molecule has 1 unspecified atom stereocenters. The minimum Gasteiger partial charge on any atom is -0.396 e. The highest BCUT2D eigenvalue weighted by Crippen LogP contribution is 2.24. The number of carbonyl (C=O) groups excluding carboxylic acids is 1. The highest BCUT2D eigenvalue weighted by molar-refractivity contribution is 5.81. The molecule has 0 spiro atoms. The molecule has 4 heteroatoms. The predicted molar refractivity (Wildman–Crippen MR) is 76.1 cm³/mol. The first-order valence-corrected chi connectivity index (χ1v) is 6.76. The Morgan fingerprint density at radius 1 is 1.47 bits per heavy atom. The smallest absolute Gasteiger partial charge is 0.225 e. The number of nitrogens with one attached hydrogen (secondary N) is 2. The zero-order valence-corrected chi connectivity index (χ0v) is 11.6. The van der Waals surface area contributed by atoms with Gasteiger partial charge in [-0.3, -0.25) is 4.79 Å². The number of fused-ring (bicyclic) bond motifs is 1. The van der Waals surface area contributed by atoms with E-state index in [-0.39, 0.29) is 24.0 Å². The topological polar surface area (TPSA) is 61.4 Å². The van der Waals surface area contributed by atoms with Crippen LogP contribution in [0.1, 0.15) is 25.8 Å². The molecule has 0 bridgehead atoms. The summed E-state index contributed by atoms with van der Waals surface area (Å²) in [6, 6.07) is 8.09. The highest BCUT2D eigenvalue weighted by Gasteiger charge is 2.28. The van der Waals surface area contributed by atoms with Crippen LogP contribution in [-0.2, 0) is 11.2 Å². The van der Waals surface area contributed by atoms with E-state index >= 15 is 0 Å². The van der Waals surface area contributed by atoms with E-state index in [2.05, 4.69) is 16.7 Å². The Labute approximate surface area is 114 Å². The Morgan fingerprint density at radius 2 is 2.21 bits per heavy atom. The summed E-state index contributed by atoms with van der Waals surface area (Å²) in [7, 11) is 0. The summed E-state index contributed by atoms with van der Waals surface area (Å²) in [5.41, 5.74) is 1.96. The lowest BCUT2D eigenvalue weighted by molar-refractivity contribution is -0.126. The summed E-state index contributed by atoms with van der Waals surface area (Å²) in [6.45, 7) is 4.62.